The van der Waals surface area contributed by atoms with E-state index in [0.717, 1.165) is 12.1 Å². The second-order valence-electron chi connectivity index (χ2n) is 4.51. The van der Waals surface area contributed by atoms with Gasteiger partial charge in [-0.25, -0.2) is 17.5 Å². The maximum absolute atomic E-state index is 12.8. The molecule has 0 saturated carbocycles. The normalized spacial score (nSPS) is 15.3. The quantitative estimate of drug-likeness (QED) is 0.828. The molecule has 1 unspecified atom stereocenters. The summed E-state index contributed by atoms with van der Waals surface area (Å²) in [6.45, 7) is 4.10. The highest BCUT2D eigenvalue weighted by Gasteiger charge is 2.28. The topological polar surface area (TPSA) is 72.2 Å². The Bertz CT molecular complexity index is 487. The van der Waals surface area contributed by atoms with Crippen LogP contribution in [0, 0.1) is 5.82 Å². The minimum absolute atomic E-state index is 0.0561. The second-order valence-corrected chi connectivity index (χ2v) is 6.19. The van der Waals surface area contributed by atoms with Crippen molar-refractivity contribution in [2.75, 3.05) is 6.54 Å². The lowest BCUT2D eigenvalue weighted by Gasteiger charge is -2.28. The van der Waals surface area contributed by atoms with E-state index in [1.807, 2.05) is 6.92 Å². The molecule has 0 spiro atoms. The molecule has 0 saturated heterocycles. The van der Waals surface area contributed by atoms with Gasteiger partial charge in [-0.1, -0.05) is 6.92 Å². The zero-order valence-corrected chi connectivity index (χ0v) is 11.4. The number of hydrogen-bond donors (Lipinski definition) is 2. The summed E-state index contributed by atoms with van der Waals surface area (Å²) in [5.41, 5.74) is 4.90. The van der Waals surface area contributed by atoms with E-state index < -0.39 is 21.4 Å². The molecule has 0 aliphatic carbocycles. The highest BCUT2D eigenvalue weighted by molar-refractivity contribution is 7.89. The lowest BCUT2D eigenvalue weighted by Crippen LogP contribution is -2.46. The molecule has 18 heavy (non-hydrogen) atoms. The molecule has 0 fully saturated rings. The Hall–Kier alpha value is -0.980. The largest absolute Gasteiger partial charge is 0.330 e. The Morgan fingerprint density at radius 3 is 2.33 bits per heavy atom. The van der Waals surface area contributed by atoms with E-state index in [4.69, 9.17) is 5.73 Å². The van der Waals surface area contributed by atoms with Crippen LogP contribution < -0.4 is 10.5 Å². The lowest BCUT2D eigenvalue weighted by atomic mass is 9.96. The van der Waals surface area contributed by atoms with E-state index in [2.05, 4.69) is 4.72 Å². The van der Waals surface area contributed by atoms with Gasteiger partial charge in [0.1, 0.15) is 5.82 Å². The monoisotopic (exact) mass is 274 g/mol. The van der Waals surface area contributed by atoms with Crippen molar-refractivity contribution in [1.29, 1.82) is 0 Å². The summed E-state index contributed by atoms with van der Waals surface area (Å²) in [7, 11) is -3.64. The molecule has 4 nitrogen and oxygen atoms in total. The Morgan fingerprint density at radius 2 is 1.89 bits per heavy atom. The van der Waals surface area contributed by atoms with E-state index in [9.17, 15) is 12.8 Å². The van der Waals surface area contributed by atoms with Crippen LogP contribution in [-0.4, -0.2) is 20.5 Å². The molecule has 0 aromatic heterocycles. The summed E-state index contributed by atoms with van der Waals surface area (Å²) >= 11 is 0. The number of sulfonamides is 1. The van der Waals surface area contributed by atoms with Gasteiger partial charge in [-0.3, -0.25) is 0 Å². The zero-order chi connectivity index (χ0) is 13.8. The maximum Gasteiger partial charge on any atom is 0.241 e. The Labute approximate surface area is 107 Å². The molecular formula is C12H19FN2O2S. The molecule has 6 heteroatoms. The summed E-state index contributed by atoms with van der Waals surface area (Å²) in [6, 6.07) is 4.74. The van der Waals surface area contributed by atoms with Crippen molar-refractivity contribution >= 4 is 10.0 Å². The van der Waals surface area contributed by atoms with E-state index in [0.29, 0.717) is 19.4 Å². The molecule has 3 N–H and O–H groups in total. The van der Waals surface area contributed by atoms with Gasteiger partial charge in [0.25, 0.3) is 0 Å². The van der Waals surface area contributed by atoms with E-state index in [-0.39, 0.29) is 4.90 Å². The Morgan fingerprint density at radius 1 is 1.33 bits per heavy atom. The molecule has 1 rings (SSSR count). The number of hydrogen-bond acceptors (Lipinski definition) is 3. The summed E-state index contributed by atoms with van der Waals surface area (Å²) in [6.07, 6.45) is 1.18. The molecule has 0 bridgehead atoms. The SMILES string of the molecule is CCC(C)(CCN)NS(=O)(=O)c1ccc(F)cc1. The summed E-state index contributed by atoms with van der Waals surface area (Å²) in [4.78, 5) is 0.0561. The third-order valence-corrected chi connectivity index (χ3v) is 4.64. The van der Waals surface area contributed by atoms with Crippen molar-refractivity contribution in [2.45, 2.75) is 37.1 Å². The van der Waals surface area contributed by atoms with Gasteiger partial charge in [-0.05, 0) is 50.6 Å². The predicted molar refractivity (Wildman–Crippen MR) is 69.1 cm³/mol. The van der Waals surface area contributed by atoms with Gasteiger partial charge in [0, 0.05) is 5.54 Å². The van der Waals surface area contributed by atoms with Gasteiger partial charge in [0.05, 0.1) is 4.90 Å². The minimum atomic E-state index is -3.64. The molecule has 0 aliphatic rings. The van der Waals surface area contributed by atoms with Crippen molar-refractivity contribution in [2.24, 2.45) is 5.73 Å². The first-order valence-corrected chi connectivity index (χ1v) is 7.31. The van der Waals surface area contributed by atoms with Crippen LogP contribution in [0.15, 0.2) is 29.2 Å². The van der Waals surface area contributed by atoms with Crippen LogP contribution in [0.1, 0.15) is 26.7 Å². The number of benzene rings is 1. The van der Waals surface area contributed by atoms with Crippen LogP contribution in [0.4, 0.5) is 4.39 Å². The first-order chi connectivity index (χ1) is 8.33. The van der Waals surface area contributed by atoms with E-state index in [1.165, 1.54) is 12.1 Å². The summed E-state index contributed by atoms with van der Waals surface area (Å²) in [5.74, 6) is -0.464. The van der Waals surface area contributed by atoms with Gasteiger partial charge < -0.3 is 5.73 Å². The molecule has 0 aliphatic heterocycles. The Kier molecular flexibility index (Phi) is 4.84. The summed E-state index contributed by atoms with van der Waals surface area (Å²) in [5, 5.41) is 0. The average Bonchev–Trinajstić information content (AvgIpc) is 2.29. The summed E-state index contributed by atoms with van der Waals surface area (Å²) < 4.78 is 39.6. The Balaban J connectivity index is 2.97. The van der Waals surface area contributed by atoms with Crippen molar-refractivity contribution in [3.8, 4) is 0 Å². The molecule has 0 heterocycles. The molecule has 102 valence electrons. The third kappa shape index (κ3) is 3.76. The molecular weight excluding hydrogens is 255 g/mol. The fourth-order valence-electron chi connectivity index (χ4n) is 1.62. The van der Waals surface area contributed by atoms with E-state index in [1.54, 1.807) is 6.92 Å². The predicted octanol–water partition coefficient (Wildman–Crippen LogP) is 1.62. The van der Waals surface area contributed by atoms with Crippen molar-refractivity contribution in [3.63, 3.8) is 0 Å². The highest BCUT2D eigenvalue weighted by atomic mass is 32.2. The van der Waals surface area contributed by atoms with Crippen LogP contribution in [0.25, 0.3) is 0 Å². The van der Waals surface area contributed by atoms with Gasteiger partial charge in [-0.15, -0.1) is 0 Å². The highest BCUT2D eigenvalue weighted by Crippen LogP contribution is 2.18. The third-order valence-electron chi connectivity index (χ3n) is 2.98. The molecule has 1 atom stereocenters. The van der Waals surface area contributed by atoms with Crippen LogP contribution in [0.2, 0.25) is 0 Å². The van der Waals surface area contributed by atoms with Crippen molar-refractivity contribution in [1.82, 2.24) is 4.72 Å². The fraction of sp³-hybridized carbons (Fsp3) is 0.500. The van der Waals surface area contributed by atoms with Crippen LogP contribution in [0.5, 0.6) is 0 Å². The number of rotatable bonds is 6. The minimum Gasteiger partial charge on any atom is -0.330 e. The standard InChI is InChI=1S/C12H19FN2O2S/c1-3-12(2,8-9-14)15-18(16,17)11-6-4-10(13)5-7-11/h4-7,15H,3,8-9,14H2,1-2H3. The van der Waals surface area contributed by atoms with Gasteiger partial charge in [-0.2, -0.15) is 0 Å². The number of nitrogens with two attached hydrogens (primary N) is 1. The maximum atomic E-state index is 12.8. The van der Waals surface area contributed by atoms with Crippen LogP contribution >= 0.6 is 0 Å². The van der Waals surface area contributed by atoms with Crippen LogP contribution in [0.3, 0.4) is 0 Å². The first-order valence-electron chi connectivity index (χ1n) is 5.82. The van der Waals surface area contributed by atoms with Gasteiger partial charge in [0.15, 0.2) is 0 Å². The van der Waals surface area contributed by atoms with Crippen molar-refractivity contribution < 1.29 is 12.8 Å². The zero-order valence-electron chi connectivity index (χ0n) is 10.6. The smallest absolute Gasteiger partial charge is 0.241 e. The molecule has 1 aromatic rings. The molecule has 0 radical (unpaired) electrons. The second kappa shape index (κ2) is 5.77. The van der Waals surface area contributed by atoms with Crippen LogP contribution in [-0.2, 0) is 10.0 Å². The number of halogens is 1. The number of nitrogens with one attached hydrogen (secondary N) is 1. The van der Waals surface area contributed by atoms with E-state index >= 15 is 0 Å². The fourth-order valence-corrected chi connectivity index (χ4v) is 3.12. The first kappa shape index (κ1) is 15.1. The van der Waals surface area contributed by atoms with Gasteiger partial charge in [0.2, 0.25) is 10.0 Å². The lowest BCUT2D eigenvalue weighted by molar-refractivity contribution is 0.379. The van der Waals surface area contributed by atoms with Crippen molar-refractivity contribution in [3.05, 3.63) is 30.1 Å². The van der Waals surface area contributed by atoms with Gasteiger partial charge >= 0.3 is 0 Å². The molecule has 1 aromatic carbocycles. The molecule has 0 amide bonds. The average molecular weight is 274 g/mol.